The number of alkyl halides is 3. The van der Waals surface area contributed by atoms with Crippen LogP contribution in [0, 0.1) is 0 Å². The Kier molecular flexibility index (Phi) is 4.57. The van der Waals surface area contributed by atoms with Crippen molar-refractivity contribution in [1.82, 2.24) is 4.90 Å². The van der Waals surface area contributed by atoms with Gasteiger partial charge in [0, 0.05) is 17.6 Å². The first-order valence-corrected chi connectivity index (χ1v) is 7.10. The van der Waals surface area contributed by atoms with Gasteiger partial charge in [0.2, 0.25) is 0 Å². The number of anilines is 1. The van der Waals surface area contributed by atoms with Gasteiger partial charge in [0.05, 0.1) is 11.3 Å². The molecule has 0 atom stereocenters. The highest BCUT2D eigenvalue weighted by Gasteiger charge is 2.34. The maximum absolute atomic E-state index is 12.9. The molecule has 1 N–H and O–H groups in total. The van der Waals surface area contributed by atoms with E-state index in [0.717, 1.165) is 25.3 Å². The minimum absolute atomic E-state index is 0.212. The van der Waals surface area contributed by atoms with Gasteiger partial charge in [-0.2, -0.15) is 13.2 Å². The first-order chi connectivity index (χ1) is 9.38. The Hall–Kier alpha value is -1.24. The molecule has 0 saturated carbocycles. The second kappa shape index (κ2) is 6.03. The van der Waals surface area contributed by atoms with Crippen LogP contribution in [-0.4, -0.2) is 24.0 Å². The number of halogens is 4. The molecule has 0 aromatic heterocycles. The lowest BCUT2D eigenvalue weighted by atomic mass is 10.1. The number of hydrogen-bond acceptors (Lipinski definition) is 1. The van der Waals surface area contributed by atoms with E-state index < -0.39 is 17.8 Å². The Balaban J connectivity index is 2.18. The number of carbonyl (C=O) groups excluding carboxylic acids is 1. The first-order valence-electron chi connectivity index (χ1n) is 6.30. The van der Waals surface area contributed by atoms with Crippen molar-refractivity contribution in [2.45, 2.75) is 25.4 Å². The van der Waals surface area contributed by atoms with Gasteiger partial charge in [0.1, 0.15) is 0 Å². The second-order valence-electron chi connectivity index (χ2n) is 4.67. The monoisotopic (exact) mass is 350 g/mol. The molecule has 1 aromatic carbocycles. The first kappa shape index (κ1) is 15.2. The zero-order valence-electron chi connectivity index (χ0n) is 10.6. The zero-order chi connectivity index (χ0) is 14.8. The van der Waals surface area contributed by atoms with Crippen molar-refractivity contribution in [3.05, 3.63) is 28.2 Å². The van der Waals surface area contributed by atoms with Crippen LogP contribution < -0.4 is 5.32 Å². The summed E-state index contributed by atoms with van der Waals surface area (Å²) in [6.45, 7) is 1.17. The van der Waals surface area contributed by atoms with Crippen molar-refractivity contribution in [3.8, 4) is 0 Å². The van der Waals surface area contributed by atoms with E-state index in [1.165, 1.54) is 12.1 Å². The summed E-state index contributed by atoms with van der Waals surface area (Å²) < 4.78 is 39.1. The summed E-state index contributed by atoms with van der Waals surface area (Å²) >= 11 is 3.01. The van der Waals surface area contributed by atoms with E-state index in [2.05, 4.69) is 21.2 Å². The van der Waals surface area contributed by atoms with Gasteiger partial charge in [-0.1, -0.05) is 15.9 Å². The van der Waals surface area contributed by atoms with Crippen molar-refractivity contribution in [3.63, 3.8) is 0 Å². The van der Waals surface area contributed by atoms with E-state index in [-0.39, 0.29) is 5.69 Å². The molecular formula is C13H14BrF3N2O. The van der Waals surface area contributed by atoms with E-state index in [4.69, 9.17) is 0 Å². The van der Waals surface area contributed by atoms with Crippen LogP contribution in [0.1, 0.15) is 24.8 Å². The Bertz CT molecular complexity index is 499. The largest absolute Gasteiger partial charge is 0.418 e. The normalized spacial score (nSPS) is 16.1. The number of nitrogens with zero attached hydrogens (tertiary/aromatic N) is 1. The molecule has 110 valence electrons. The van der Waals surface area contributed by atoms with E-state index >= 15 is 0 Å². The fourth-order valence-electron chi connectivity index (χ4n) is 2.15. The maximum Gasteiger partial charge on any atom is 0.418 e. The molecule has 0 radical (unpaired) electrons. The predicted molar refractivity (Wildman–Crippen MR) is 73.6 cm³/mol. The second-order valence-corrected chi connectivity index (χ2v) is 5.58. The van der Waals surface area contributed by atoms with E-state index in [9.17, 15) is 18.0 Å². The predicted octanol–water partition coefficient (Wildman–Crippen LogP) is 4.49. The Morgan fingerprint density at radius 1 is 1.20 bits per heavy atom. The van der Waals surface area contributed by atoms with Gasteiger partial charge in [0.25, 0.3) is 0 Å². The van der Waals surface area contributed by atoms with Crippen LogP contribution >= 0.6 is 15.9 Å². The highest BCUT2D eigenvalue weighted by atomic mass is 79.9. The summed E-state index contributed by atoms with van der Waals surface area (Å²) in [6, 6.07) is 3.22. The average Bonchev–Trinajstić information content (AvgIpc) is 2.40. The number of piperidine rings is 1. The molecule has 0 aliphatic carbocycles. The summed E-state index contributed by atoms with van der Waals surface area (Å²) in [6.07, 6.45) is -1.68. The fraction of sp³-hybridized carbons (Fsp3) is 0.462. The van der Waals surface area contributed by atoms with Crippen molar-refractivity contribution in [1.29, 1.82) is 0 Å². The smallest absolute Gasteiger partial charge is 0.325 e. The summed E-state index contributed by atoms with van der Waals surface area (Å²) in [5.41, 5.74) is -1.06. The number of urea groups is 1. The molecule has 1 fully saturated rings. The molecule has 1 aliphatic rings. The van der Waals surface area contributed by atoms with Crippen molar-refractivity contribution < 1.29 is 18.0 Å². The topological polar surface area (TPSA) is 32.3 Å². The minimum atomic E-state index is -4.51. The SMILES string of the molecule is O=C(Nc1ccc(Br)cc1C(F)(F)F)N1CCCCC1. The van der Waals surface area contributed by atoms with Crippen molar-refractivity contribution >= 4 is 27.6 Å². The fourth-order valence-corrected chi connectivity index (χ4v) is 2.51. The third kappa shape index (κ3) is 3.65. The van der Waals surface area contributed by atoms with Gasteiger partial charge < -0.3 is 10.2 Å². The highest BCUT2D eigenvalue weighted by molar-refractivity contribution is 9.10. The molecule has 0 unspecified atom stereocenters. The van der Waals surface area contributed by atoms with E-state index in [0.29, 0.717) is 17.6 Å². The number of benzene rings is 1. The number of nitrogens with one attached hydrogen (secondary N) is 1. The summed E-state index contributed by atoms with van der Waals surface area (Å²) in [5.74, 6) is 0. The molecule has 1 saturated heterocycles. The molecule has 0 spiro atoms. The highest BCUT2D eigenvalue weighted by Crippen LogP contribution is 2.36. The van der Waals surface area contributed by atoms with Gasteiger partial charge in [0.15, 0.2) is 0 Å². The summed E-state index contributed by atoms with van der Waals surface area (Å²) in [4.78, 5) is 13.5. The number of hydrogen-bond donors (Lipinski definition) is 1. The zero-order valence-corrected chi connectivity index (χ0v) is 12.2. The molecule has 1 aliphatic heterocycles. The van der Waals surface area contributed by atoms with Crippen LogP contribution in [0.3, 0.4) is 0 Å². The van der Waals surface area contributed by atoms with Gasteiger partial charge in [-0.3, -0.25) is 0 Å². The molecule has 3 nitrogen and oxygen atoms in total. The van der Waals surface area contributed by atoms with Crippen molar-refractivity contribution in [2.75, 3.05) is 18.4 Å². The van der Waals surface area contributed by atoms with Gasteiger partial charge >= 0.3 is 12.2 Å². The average molecular weight is 351 g/mol. The Morgan fingerprint density at radius 3 is 2.45 bits per heavy atom. The van der Waals surface area contributed by atoms with Crippen molar-refractivity contribution in [2.24, 2.45) is 0 Å². The molecule has 2 rings (SSSR count). The van der Waals surface area contributed by atoms with Crippen LogP contribution in [0.25, 0.3) is 0 Å². The van der Waals surface area contributed by atoms with Crippen LogP contribution in [0.15, 0.2) is 22.7 Å². The number of amides is 2. The lowest BCUT2D eigenvalue weighted by molar-refractivity contribution is -0.137. The lowest BCUT2D eigenvalue weighted by Crippen LogP contribution is -2.39. The Morgan fingerprint density at radius 2 is 1.85 bits per heavy atom. The third-order valence-corrected chi connectivity index (χ3v) is 3.67. The van der Waals surface area contributed by atoms with Gasteiger partial charge in [-0.15, -0.1) is 0 Å². The standard InChI is InChI=1S/C13H14BrF3N2O/c14-9-4-5-11(10(8-9)13(15,16)17)18-12(20)19-6-2-1-3-7-19/h4-5,8H,1-3,6-7H2,(H,18,20). The molecule has 2 amide bonds. The van der Waals surface area contributed by atoms with Crippen LogP contribution in [-0.2, 0) is 6.18 Å². The van der Waals surface area contributed by atoms with Crippen LogP contribution in [0.4, 0.5) is 23.7 Å². The lowest BCUT2D eigenvalue weighted by Gasteiger charge is -2.27. The molecule has 0 bridgehead atoms. The van der Waals surface area contributed by atoms with E-state index in [1.807, 2.05) is 0 Å². The molecular weight excluding hydrogens is 337 g/mol. The summed E-state index contributed by atoms with van der Waals surface area (Å²) in [7, 11) is 0. The molecule has 20 heavy (non-hydrogen) atoms. The number of rotatable bonds is 1. The van der Waals surface area contributed by atoms with Gasteiger partial charge in [-0.05, 0) is 37.5 Å². The summed E-state index contributed by atoms with van der Waals surface area (Å²) in [5, 5.41) is 2.36. The molecule has 1 aromatic rings. The maximum atomic E-state index is 12.9. The number of carbonyl (C=O) groups is 1. The van der Waals surface area contributed by atoms with E-state index in [1.54, 1.807) is 4.90 Å². The Labute approximate surface area is 123 Å². The number of likely N-dealkylation sites (tertiary alicyclic amines) is 1. The van der Waals surface area contributed by atoms with Crippen LogP contribution in [0.2, 0.25) is 0 Å². The minimum Gasteiger partial charge on any atom is -0.325 e. The quantitative estimate of drug-likeness (QED) is 0.795. The van der Waals surface area contributed by atoms with Crippen LogP contribution in [0.5, 0.6) is 0 Å². The van der Waals surface area contributed by atoms with Gasteiger partial charge in [-0.25, -0.2) is 4.79 Å². The third-order valence-electron chi connectivity index (χ3n) is 3.17. The molecule has 7 heteroatoms. The molecule has 1 heterocycles.